The molecular formula is C13H16N2O2. The number of carbonyl (C=O) groups is 1. The van der Waals surface area contributed by atoms with E-state index in [0.29, 0.717) is 5.92 Å². The van der Waals surface area contributed by atoms with Gasteiger partial charge in [0.1, 0.15) is 5.75 Å². The average molecular weight is 232 g/mol. The zero-order chi connectivity index (χ0) is 11.7. The molecule has 0 saturated heterocycles. The molecule has 1 heterocycles. The van der Waals surface area contributed by atoms with Crippen molar-refractivity contribution in [3.05, 3.63) is 23.8 Å². The molecule has 0 spiro atoms. The summed E-state index contributed by atoms with van der Waals surface area (Å²) in [6, 6.07) is 5.66. The largest absolute Gasteiger partial charge is 0.493 e. The van der Waals surface area contributed by atoms with Gasteiger partial charge in [-0.25, -0.2) is 4.79 Å². The quantitative estimate of drug-likeness (QED) is 0.839. The molecule has 90 valence electrons. The zero-order valence-corrected chi connectivity index (χ0v) is 9.66. The van der Waals surface area contributed by atoms with E-state index in [1.165, 1.54) is 18.4 Å². The van der Waals surface area contributed by atoms with E-state index in [1.54, 1.807) is 0 Å². The van der Waals surface area contributed by atoms with Gasteiger partial charge in [-0.05, 0) is 42.5 Å². The Morgan fingerprint density at radius 2 is 2.29 bits per heavy atom. The number of nitrogens with one attached hydrogen (secondary N) is 2. The molecule has 3 rings (SSSR count). The topological polar surface area (TPSA) is 50.4 Å². The van der Waals surface area contributed by atoms with Crippen molar-refractivity contribution < 1.29 is 9.53 Å². The summed E-state index contributed by atoms with van der Waals surface area (Å²) in [4.78, 5) is 11.6. The summed E-state index contributed by atoms with van der Waals surface area (Å²) in [5.41, 5.74) is 2.01. The predicted octanol–water partition coefficient (Wildman–Crippen LogP) is 2.15. The molecule has 1 aromatic rings. The van der Waals surface area contributed by atoms with Gasteiger partial charge in [-0.15, -0.1) is 0 Å². The van der Waals surface area contributed by atoms with E-state index in [4.69, 9.17) is 4.74 Å². The van der Waals surface area contributed by atoms with Gasteiger partial charge in [-0.2, -0.15) is 0 Å². The number of anilines is 1. The van der Waals surface area contributed by atoms with Gasteiger partial charge >= 0.3 is 6.03 Å². The highest BCUT2D eigenvalue weighted by atomic mass is 16.5. The molecule has 2 amide bonds. The number of hydrogen-bond donors (Lipinski definition) is 2. The second-order valence-electron chi connectivity index (χ2n) is 4.70. The number of hydrogen-bond acceptors (Lipinski definition) is 2. The van der Waals surface area contributed by atoms with Gasteiger partial charge in [-0.3, -0.25) is 0 Å². The van der Waals surface area contributed by atoms with Crippen LogP contribution < -0.4 is 15.4 Å². The maximum atomic E-state index is 11.6. The maximum absolute atomic E-state index is 11.6. The van der Waals surface area contributed by atoms with E-state index in [1.807, 2.05) is 18.2 Å². The molecule has 1 aliphatic carbocycles. The molecular weight excluding hydrogens is 216 g/mol. The van der Waals surface area contributed by atoms with Crippen LogP contribution >= 0.6 is 0 Å². The van der Waals surface area contributed by atoms with Crippen molar-refractivity contribution in [3.63, 3.8) is 0 Å². The minimum Gasteiger partial charge on any atom is -0.493 e. The Labute approximate surface area is 100 Å². The second-order valence-corrected chi connectivity index (χ2v) is 4.70. The van der Waals surface area contributed by atoms with E-state index < -0.39 is 0 Å². The van der Waals surface area contributed by atoms with E-state index in [2.05, 4.69) is 10.6 Å². The van der Waals surface area contributed by atoms with Crippen molar-refractivity contribution in [2.24, 2.45) is 5.92 Å². The fourth-order valence-electron chi connectivity index (χ4n) is 2.00. The lowest BCUT2D eigenvalue weighted by molar-refractivity contribution is 0.251. The summed E-state index contributed by atoms with van der Waals surface area (Å²) in [5, 5.41) is 5.73. The molecule has 0 bridgehead atoms. The summed E-state index contributed by atoms with van der Waals surface area (Å²) in [6.07, 6.45) is 3.42. The lowest BCUT2D eigenvalue weighted by Crippen LogP contribution is -2.30. The molecule has 2 N–H and O–H groups in total. The van der Waals surface area contributed by atoms with Crippen molar-refractivity contribution in [2.45, 2.75) is 19.3 Å². The van der Waals surface area contributed by atoms with Crippen LogP contribution in [0.25, 0.3) is 0 Å². The smallest absolute Gasteiger partial charge is 0.319 e. The number of rotatable bonds is 3. The lowest BCUT2D eigenvalue weighted by Gasteiger charge is -2.08. The van der Waals surface area contributed by atoms with E-state index in [0.717, 1.165) is 31.0 Å². The summed E-state index contributed by atoms with van der Waals surface area (Å²) < 4.78 is 5.42. The Morgan fingerprint density at radius 3 is 3.12 bits per heavy atom. The molecule has 4 heteroatoms. The van der Waals surface area contributed by atoms with Crippen LogP contribution in [0.5, 0.6) is 5.75 Å². The van der Waals surface area contributed by atoms with E-state index in [9.17, 15) is 4.79 Å². The first kappa shape index (κ1) is 10.4. The first-order valence-electron chi connectivity index (χ1n) is 6.12. The first-order valence-corrected chi connectivity index (χ1v) is 6.12. The molecule has 0 radical (unpaired) electrons. The van der Waals surface area contributed by atoms with Crippen LogP contribution in [0.3, 0.4) is 0 Å². The van der Waals surface area contributed by atoms with Gasteiger partial charge in [0.2, 0.25) is 0 Å². The molecule has 1 aromatic carbocycles. The van der Waals surface area contributed by atoms with Crippen molar-refractivity contribution in [1.29, 1.82) is 0 Å². The average Bonchev–Trinajstić information content (AvgIpc) is 3.04. The monoisotopic (exact) mass is 232 g/mol. The normalized spacial score (nSPS) is 17.2. The predicted molar refractivity (Wildman–Crippen MR) is 65.4 cm³/mol. The molecule has 17 heavy (non-hydrogen) atoms. The van der Waals surface area contributed by atoms with Crippen molar-refractivity contribution in [3.8, 4) is 5.75 Å². The minimum absolute atomic E-state index is 0.115. The Bertz CT molecular complexity index is 441. The lowest BCUT2D eigenvalue weighted by atomic mass is 10.1. The zero-order valence-electron chi connectivity index (χ0n) is 9.66. The maximum Gasteiger partial charge on any atom is 0.319 e. The highest BCUT2D eigenvalue weighted by Crippen LogP contribution is 2.28. The number of benzene rings is 1. The summed E-state index contributed by atoms with van der Waals surface area (Å²) in [7, 11) is 0. The van der Waals surface area contributed by atoms with Gasteiger partial charge in [-0.1, -0.05) is 0 Å². The van der Waals surface area contributed by atoms with Crippen molar-refractivity contribution in [2.75, 3.05) is 18.5 Å². The fraction of sp³-hybridized carbons (Fsp3) is 0.462. The highest BCUT2D eigenvalue weighted by molar-refractivity contribution is 5.89. The minimum atomic E-state index is -0.115. The number of carbonyl (C=O) groups excluding carboxylic acids is 1. The van der Waals surface area contributed by atoms with Crippen LogP contribution in [-0.4, -0.2) is 19.2 Å². The third-order valence-corrected chi connectivity index (χ3v) is 3.20. The second kappa shape index (κ2) is 4.28. The molecule has 0 aromatic heterocycles. The summed E-state index contributed by atoms with van der Waals surface area (Å²) >= 11 is 0. The molecule has 4 nitrogen and oxygen atoms in total. The molecule has 1 aliphatic heterocycles. The number of fused-ring (bicyclic) bond motifs is 1. The third-order valence-electron chi connectivity index (χ3n) is 3.20. The van der Waals surface area contributed by atoms with Gasteiger partial charge in [0.25, 0.3) is 0 Å². The SMILES string of the molecule is O=C(NCC1CC1)Nc1ccc2c(c1)CCO2. The fourth-order valence-corrected chi connectivity index (χ4v) is 2.00. The molecule has 0 unspecified atom stereocenters. The number of amides is 2. The van der Waals surface area contributed by atoms with Crippen LogP contribution in [0.2, 0.25) is 0 Å². The molecule has 1 saturated carbocycles. The van der Waals surface area contributed by atoms with Crippen LogP contribution in [-0.2, 0) is 6.42 Å². The van der Waals surface area contributed by atoms with Crippen molar-refractivity contribution >= 4 is 11.7 Å². The van der Waals surface area contributed by atoms with Crippen LogP contribution in [0.4, 0.5) is 10.5 Å². The molecule has 2 aliphatic rings. The van der Waals surface area contributed by atoms with E-state index >= 15 is 0 Å². The van der Waals surface area contributed by atoms with Gasteiger partial charge < -0.3 is 15.4 Å². The number of ether oxygens (including phenoxy) is 1. The van der Waals surface area contributed by atoms with Crippen LogP contribution in [0.1, 0.15) is 18.4 Å². The number of urea groups is 1. The van der Waals surface area contributed by atoms with Crippen molar-refractivity contribution in [1.82, 2.24) is 5.32 Å². The third kappa shape index (κ3) is 2.52. The standard InChI is InChI=1S/C13H16N2O2/c16-13(14-8-9-1-2-9)15-11-3-4-12-10(7-11)5-6-17-12/h3-4,7,9H,1-2,5-6,8H2,(H2,14,15,16). The highest BCUT2D eigenvalue weighted by Gasteiger charge is 2.21. The molecule has 0 atom stereocenters. The Morgan fingerprint density at radius 1 is 1.41 bits per heavy atom. The van der Waals surface area contributed by atoms with Gasteiger partial charge in [0, 0.05) is 18.7 Å². The summed E-state index contributed by atoms with van der Waals surface area (Å²) in [5.74, 6) is 1.64. The molecule has 1 fully saturated rings. The van der Waals surface area contributed by atoms with Crippen LogP contribution in [0, 0.1) is 5.92 Å². The van der Waals surface area contributed by atoms with Gasteiger partial charge in [0.15, 0.2) is 0 Å². The Hall–Kier alpha value is -1.71. The first-order chi connectivity index (χ1) is 8.31. The summed E-state index contributed by atoms with van der Waals surface area (Å²) in [6.45, 7) is 1.53. The Balaban J connectivity index is 1.58. The van der Waals surface area contributed by atoms with Gasteiger partial charge in [0.05, 0.1) is 6.61 Å². The Kier molecular flexibility index (Phi) is 2.63. The van der Waals surface area contributed by atoms with Crippen LogP contribution in [0.15, 0.2) is 18.2 Å². The van der Waals surface area contributed by atoms with E-state index in [-0.39, 0.29) is 6.03 Å².